The SMILES string of the molecule is CC(C)CNC(=O)CNC(=O)c1cccc(F)c1Br. The lowest BCUT2D eigenvalue weighted by Crippen LogP contribution is -2.38. The van der Waals surface area contributed by atoms with Crippen molar-refractivity contribution < 1.29 is 14.0 Å². The Labute approximate surface area is 119 Å². The number of halogens is 2. The van der Waals surface area contributed by atoms with Gasteiger partial charge in [-0.2, -0.15) is 0 Å². The second-order valence-corrected chi connectivity index (χ2v) is 5.27. The average Bonchev–Trinajstić information content (AvgIpc) is 2.36. The van der Waals surface area contributed by atoms with Gasteiger partial charge in [0.15, 0.2) is 0 Å². The first kappa shape index (κ1) is 15.6. The third-order valence-corrected chi connectivity index (χ3v) is 3.12. The minimum Gasteiger partial charge on any atom is -0.354 e. The highest BCUT2D eigenvalue weighted by atomic mass is 79.9. The van der Waals surface area contributed by atoms with Crippen LogP contribution < -0.4 is 10.6 Å². The smallest absolute Gasteiger partial charge is 0.252 e. The Bertz CT molecular complexity index is 478. The normalized spacial score (nSPS) is 10.4. The maximum atomic E-state index is 13.2. The molecule has 0 atom stereocenters. The fourth-order valence-corrected chi connectivity index (χ4v) is 1.76. The van der Waals surface area contributed by atoms with E-state index in [1.54, 1.807) is 0 Å². The second-order valence-electron chi connectivity index (χ2n) is 4.48. The molecule has 2 N–H and O–H groups in total. The highest BCUT2D eigenvalue weighted by Crippen LogP contribution is 2.19. The van der Waals surface area contributed by atoms with Gasteiger partial charge in [0.25, 0.3) is 5.91 Å². The number of carbonyl (C=O) groups excluding carboxylic acids is 2. The topological polar surface area (TPSA) is 58.2 Å². The molecule has 0 aliphatic rings. The van der Waals surface area contributed by atoms with Gasteiger partial charge in [0.2, 0.25) is 5.91 Å². The van der Waals surface area contributed by atoms with E-state index in [1.165, 1.54) is 18.2 Å². The Morgan fingerprint density at radius 3 is 2.63 bits per heavy atom. The zero-order chi connectivity index (χ0) is 14.4. The zero-order valence-corrected chi connectivity index (χ0v) is 12.4. The van der Waals surface area contributed by atoms with Crippen LogP contribution >= 0.6 is 15.9 Å². The van der Waals surface area contributed by atoms with Gasteiger partial charge in [-0.1, -0.05) is 19.9 Å². The molecule has 0 saturated heterocycles. The van der Waals surface area contributed by atoms with Gasteiger partial charge in [0.05, 0.1) is 16.6 Å². The van der Waals surface area contributed by atoms with E-state index in [4.69, 9.17) is 0 Å². The van der Waals surface area contributed by atoms with E-state index in [-0.39, 0.29) is 22.5 Å². The van der Waals surface area contributed by atoms with Crippen molar-refractivity contribution in [2.45, 2.75) is 13.8 Å². The van der Waals surface area contributed by atoms with Crippen LogP contribution in [0.1, 0.15) is 24.2 Å². The van der Waals surface area contributed by atoms with Crippen LogP contribution in [0.3, 0.4) is 0 Å². The molecule has 0 spiro atoms. The summed E-state index contributed by atoms with van der Waals surface area (Å²) in [5.74, 6) is -0.936. The van der Waals surface area contributed by atoms with Crippen LogP contribution in [0.25, 0.3) is 0 Å². The Kier molecular flexibility index (Phi) is 5.95. The third kappa shape index (κ3) is 4.98. The number of benzene rings is 1. The number of amides is 2. The van der Waals surface area contributed by atoms with Crippen molar-refractivity contribution in [1.82, 2.24) is 10.6 Å². The number of hydrogen-bond acceptors (Lipinski definition) is 2. The molecule has 0 unspecified atom stereocenters. The summed E-state index contributed by atoms with van der Waals surface area (Å²) in [5.41, 5.74) is 0.164. The van der Waals surface area contributed by atoms with Crippen molar-refractivity contribution in [2.24, 2.45) is 5.92 Å². The van der Waals surface area contributed by atoms with E-state index in [2.05, 4.69) is 26.6 Å². The molecular formula is C13H16BrFN2O2. The molecule has 0 aliphatic carbocycles. The molecule has 0 aliphatic heterocycles. The Morgan fingerprint density at radius 2 is 2.00 bits per heavy atom. The largest absolute Gasteiger partial charge is 0.354 e. The lowest BCUT2D eigenvalue weighted by molar-refractivity contribution is -0.120. The summed E-state index contributed by atoms with van der Waals surface area (Å²) in [6.45, 7) is 4.37. The number of hydrogen-bond donors (Lipinski definition) is 2. The second kappa shape index (κ2) is 7.23. The van der Waals surface area contributed by atoms with Crippen molar-refractivity contribution in [1.29, 1.82) is 0 Å². The minimum absolute atomic E-state index is 0.0927. The molecule has 1 aromatic carbocycles. The first-order valence-electron chi connectivity index (χ1n) is 5.90. The van der Waals surface area contributed by atoms with Gasteiger partial charge in [0, 0.05) is 6.54 Å². The standard InChI is InChI=1S/C13H16BrFN2O2/c1-8(2)6-16-11(18)7-17-13(19)9-4-3-5-10(15)12(9)14/h3-5,8H,6-7H2,1-2H3,(H,16,18)(H,17,19). The molecule has 1 rings (SSSR count). The maximum absolute atomic E-state index is 13.2. The molecule has 104 valence electrons. The zero-order valence-electron chi connectivity index (χ0n) is 10.8. The maximum Gasteiger partial charge on any atom is 0.252 e. The first-order valence-corrected chi connectivity index (χ1v) is 6.70. The fraction of sp³-hybridized carbons (Fsp3) is 0.385. The summed E-state index contributed by atoms with van der Waals surface area (Å²) in [5, 5.41) is 5.12. The summed E-state index contributed by atoms with van der Waals surface area (Å²) in [6, 6.07) is 4.17. The van der Waals surface area contributed by atoms with Crippen LogP contribution in [0.5, 0.6) is 0 Å². The monoisotopic (exact) mass is 330 g/mol. The Morgan fingerprint density at radius 1 is 1.32 bits per heavy atom. The average molecular weight is 331 g/mol. The van der Waals surface area contributed by atoms with Crippen LogP contribution in [-0.4, -0.2) is 24.9 Å². The highest BCUT2D eigenvalue weighted by Gasteiger charge is 2.13. The molecule has 6 heteroatoms. The predicted octanol–water partition coefficient (Wildman–Crippen LogP) is 2.09. The van der Waals surface area contributed by atoms with Gasteiger partial charge in [-0.05, 0) is 34.0 Å². The van der Waals surface area contributed by atoms with E-state index < -0.39 is 11.7 Å². The lowest BCUT2D eigenvalue weighted by atomic mass is 10.2. The van der Waals surface area contributed by atoms with Crippen molar-refractivity contribution in [3.05, 3.63) is 34.1 Å². The quantitative estimate of drug-likeness (QED) is 0.868. The van der Waals surface area contributed by atoms with Gasteiger partial charge in [-0.15, -0.1) is 0 Å². The van der Waals surface area contributed by atoms with Crippen LogP contribution in [0.4, 0.5) is 4.39 Å². The Hall–Kier alpha value is -1.43. The summed E-state index contributed by atoms with van der Waals surface area (Å²) in [6.07, 6.45) is 0. The van der Waals surface area contributed by atoms with Crippen molar-refractivity contribution in [3.63, 3.8) is 0 Å². The van der Waals surface area contributed by atoms with Gasteiger partial charge in [-0.3, -0.25) is 9.59 Å². The molecule has 0 aromatic heterocycles. The molecule has 0 bridgehead atoms. The lowest BCUT2D eigenvalue weighted by Gasteiger charge is -2.09. The van der Waals surface area contributed by atoms with E-state index >= 15 is 0 Å². The van der Waals surface area contributed by atoms with Gasteiger partial charge >= 0.3 is 0 Å². The number of rotatable bonds is 5. The molecule has 4 nitrogen and oxygen atoms in total. The van der Waals surface area contributed by atoms with E-state index in [9.17, 15) is 14.0 Å². The van der Waals surface area contributed by atoms with E-state index in [0.717, 1.165) is 0 Å². The molecule has 1 aromatic rings. The molecule has 0 fully saturated rings. The summed E-state index contributed by atoms with van der Waals surface area (Å²) < 4.78 is 13.3. The third-order valence-electron chi connectivity index (χ3n) is 2.31. The van der Waals surface area contributed by atoms with Crippen LogP contribution in [0.2, 0.25) is 0 Å². The summed E-state index contributed by atoms with van der Waals surface area (Å²) in [7, 11) is 0. The molecule has 2 amide bonds. The van der Waals surface area contributed by atoms with Crippen molar-refractivity contribution in [3.8, 4) is 0 Å². The minimum atomic E-state index is -0.517. The molecule has 0 saturated carbocycles. The summed E-state index contributed by atoms with van der Waals surface area (Å²) >= 11 is 3.00. The molecule has 0 radical (unpaired) electrons. The molecule has 19 heavy (non-hydrogen) atoms. The van der Waals surface area contributed by atoms with Crippen molar-refractivity contribution >= 4 is 27.7 Å². The predicted molar refractivity (Wildman–Crippen MR) is 74.3 cm³/mol. The van der Waals surface area contributed by atoms with E-state index in [0.29, 0.717) is 12.5 Å². The Balaban J connectivity index is 2.52. The molecule has 0 heterocycles. The van der Waals surface area contributed by atoms with Crippen LogP contribution in [-0.2, 0) is 4.79 Å². The molecular weight excluding hydrogens is 315 g/mol. The number of carbonyl (C=O) groups is 2. The van der Waals surface area contributed by atoms with Crippen LogP contribution in [0.15, 0.2) is 22.7 Å². The number of nitrogens with one attached hydrogen (secondary N) is 2. The van der Waals surface area contributed by atoms with Crippen LogP contribution in [0, 0.1) is 11.7 Å². The highest BCUT2D eigenvalue weighted by molar-refractivity contribution is 9.10. The van der Waals surface area contributed by atoms with Gasteiger partial charge < -0.3 is 10.6 Å². The first-order chi connectivity index (χ1) is 8.91. The fourth-order valence-electron chi connectivity index (χ4n) is 1.32. The van der Waals surface area contributed by atoms with Crippen molar-refractivity contribution in [2.75, 3.05) is 13.1 Å². The summed E-state index contributed by atoms with van der Waals surface area (Å²) in [4.78, 5) is 23.2. The van der Waals surface area contributed by atoms with E-state index in [1.807, 2.05) is 13.8 Å². The van der Waals surface area contributed by atoms with Gasteiger partial charge in [-0.25, -0.2) is 4.39 Å². The van der Waals surface area contributed by atoms with Gasteiger partial charge in [0.1, 0.15) is 5.82 Å².